The minimum absolute atomic E-state index is 0.298. The Balaban J connectivity index is 1.93. The van der Waals surface area contributed by atoms with Gasteiger partial charge < -0.3 is 10.0 Å². The summed E-state index contributed by atoms with van der Waals surface area (Å²) in [6.07, 6.45) is 3.43. The van der Waals surface area contributed by atoms with Gasteiger partial charge in [-0.25, -0.2) is 0 Å². The second-order valence-corrected chi connectivity index (χ2v) is 5.22. The molecule has 0 aromatic heterocycles. The van der Waals surface area contributed by atoms with Gasteiger partial charge in [0.25, 0.3) is 0 Å². The average molecular weight is 247 g/mol. The van der Waals surface area contributed by atoms with Gasteiger partial charge in [-0.15, -0.1) is 0 Å². The summed E-state index contributed by atoms with van der Waals surface area (Å²) in [5.74, 6) is -0.154. The van der Waals surface area contributed by atoms with Gasteiger partial charge in [0, 0.05) is 25.2 Å². The van der Waals surface area contributed by atoms with E-state index >= 15 is 0 Å². The van der Waals surface area contributed by atoms with Crippen molar-refractivity contribution in [2.24, 2.45) is 5.92 Å². The van der Waals surface area contributed by atoms with Crippen molar-refractivity contribution < 1.29 is 9.90 Å². The van der Waals surface area contributed by atoms with Crippen LogP contribution < -0.4 is 4.90 Å². The predicted molar refractivity (Wildman–Crippen MR) is 73.0 cm³/mol. The van der Waals surface area contributed by atoms with Crippen LogP contribution in [0.25, 0.3) is 0 Å². The average Bonchev–Trinajstić information content (AvgIpc) is 2.37. The molecule has 1 fully saturated rings. The van der Waals surface area contributed by atoms with Gasteiger partial charge in [-0.3, -0.25) is 4.79 Å². The van der Waals surface area contributed by atoms with E-state index in [1.807, 2.05) is 0 Å². The maximum absolute atomic E-state index is 10.6. The van der Waals surface area contributed by atoms with Gasteiger partial charge in [-0.2, -0.15) is 0 Å². The smallest absolute Gasteiger partial charge is 0.303 e. The van der Waals surface area contributed by atoms with Crippen LogP contribution in [0.5, 0.6) is 0 Å². The topological polar surface area (TPSA) is 40.5 Å². The Bertz CT molecular complexity index is 399. The Morgan fingerprint density at radius 1 is 1.39 bits per heavy atom. The molecule has 0 amide bonds. The van der Waals surface area contributed by atoms with Gasteiger partial charge in [0.2, 0.25) is 0 Å². The summed E-state index contributed by atoms with van der Waals surface area (Å²) in [5.41, 5.74) is 2.54. The molecule has 1 aromatic carbocycles. The minimum Gasteiger partial charge on any atom is -0.481 e. The highest BCUT2D eigenvalue weighted by Gasteiger charge is 2.20. The lowest BCUT2D eigenvalue weighted by Gasteiger charge is -2.34. The molecule has 3 heteroatoms. The molecular formula is C15H21NO2. The molecule has 1 heterocycles. The van der Waals surface area contributed by atoms with Crippen LogP contribution in [0, 0.1) is 12.8 Å². The molecule has 0 bridgehead atoms. The van der Waals surface area contributed by atoms with Crippen molar-refractivity contribution in [3.05, 3.63) is 29.8 Å². The van der Waals surface area contributed by atoms with Gasteiger partial charge in [0.1, 0.15) is 0 Å². The maximum Gasteiger partial charge on any atom is 0.303 e. The lowest BCUT2D eigenvalue weighted by molar-refractivity contribution is -0.137. The number of aliphatic carboxylic acids is 1. The van der Waals surface area contributed by atoms with E-state index in [2.05, 4.69) is 36.1 Å². The van der Waals surface area contributed by atoms with Gasteiger partial charge in [-0.1, -0.05) is 17.7 Å². The summed E-state index contributed by atoms with van der Waals surface area (Å²) >= 11 is 0. The van der Waals surface area contributed by atoms with E-state index < -0.39 is 5.97 Å². The van der Waals surface area contributed by atoms with Crippen LogP contribution in [0.3, 0.4) is 0 Å². The summed E-state index contributed by atoms with van der Waals surface area (Å²) in [6, 6.07) is 8.59. The molecule has 0 saturated carbocycles. The first-order chi connectivity index (χ1) is 8.65. The maximum atomic E-state index is 10.6. The van der Waals surface area contributed by atoms with E-state index in [1.54, 1.807) is 0 Å². The highest BCUT2D eigenvalue weighted by Crippen LogP contribution is 2.25. The number of anilines is 1. The van der Waals surface area contributed by atoms with E-state index in [0.717, 1.165) is 32.4 Å². The summed E-state index contributed by atoms with van der Waals surface area (Å²) < 4.78 is 0. The van der Waals surface area contributed by atoms with Crippen molar-refractivity contribution in [2.45, 2.75) is 32.6 Å². The Morgan fingerprint density at radius 2 is 2.11 bits per heavy atom. The second kappa shape index (κ2) is 5.89. The number of carboxylic acid groups (broad SMARTS) is 1. The molecule has 98 valence electrons. The van der Waals surface area contributed by atoms with Crippen molar-refractivity contribution in [2.75, 3.05) is 18.0 Å². The molecule has 1 atom stereocenters. The van der Waals surface area contributed by atoms with E-state index in [4.69, 9.17) is 5.11 Å². The second-order valence-electron chi connectivity index (χ2n) is 5.22. The molecule has 18 heavy (non-hydrogen) atoms. The zero-order valence-corrected chi connectivity index (χ0v) is 10.9. The van der Waals surface area contributed by atoms with Crippen molar-refractivity contribution in [3.63, 3.8) is 0 Å². The monoisotopic (exact) mass is 247 g/mol. The predicted octanol–water partition coefficient (Wildman–Crippen LogP) is 3.08. The van der Waals surface area contributed by atoms with Crippen LogP contribution in [-0.2, 0) is 4.79 Å². The zero-order chi connectivity index (χ0) is 13.0. The number of benzene rings is 1. The molecular weight excluding hydrogens is 226 g/mol. The van der Waals surface area contributed by atoms with E-state index in [9.17, 15) is 4.79 Å². The van der Waals surface area contributed by atoms with Crippen LogP contribution in [0.1, 0.15) is 31.2 Å². The Labute approximate surface area is 108 Å². The molecule has 1 unspecified atom stereocenters. The summed E-state index contributed by atoms with van der Waals surface area (Å²) in [4.78, 5) is 13.0. The molecule has 2 rings (SSSR count). The number of aryl methyl sites for hydroxylation is 1. The molecule has 1 aromatic rings. The molecule has 1 aliphatic rings. The first-order valence-electron chi connectivity index (χ1n) is 6.68. The quantitative estimate of drug-likeness (QED) is 0.889. The Morgan fingerprint density at radius 3 is 2.78 bits per heavy atom. The van der Waals surface area contributed by atoms with Gasteiger partial charge in [0.05, 0.1) is 0 Å². The lowest BCUT2D eigenvalue weighted by Crippen LogP contribution is -2.35. The van der Waals surface area contributed by atoms with Crippen LogP contribution >= 0.6 is 0 Å². The fraction of sp³-hybridized carbons (Fsp3) is 0.533. The number of hydrogen-bond donors (Lipinski definition) is 1. The summed E-state index contributed by atoms with van der Waals surface area (Å²) in [5, 5.41) is 8.74. The summed E-state index contributed by atoms with van der Waals surface area (Å²) in [7, 11) is 0. The van der Waals surface area contributed by atoms with Crippen molar-refractivity contribution in [3.8, 4) is 0 Å². The van der Waals surface area contributed by atoms with Crippen LogP contribution in [0.4, 0.5) is 5.69 Å². The number of hydrogen-bond acceptors (Lipinski definition) is 2. The van der Waals surface area contributed by atoms with Crippen molar-refractivity contribution in [1.29, 1.82) is 0 Å². The zero-order valence-electron chi connectivity index (χ0n) is 10.9. The van der Waals surface area contributed by atoms with Crippen LogP contribution in [0.15, 0.2) is 24.3 Å². The van der Waals surface area contributed by atoms with Crippen LogP contribution in [0.2, 0.25) is 0 Å². The molecule has 1 N–H and O–H groups in total. The molecule has 0 spiro atoms. The number of carbonyl (C=O) groups is 1. The van der Waals surface area contributed by atoms with Gasteiger partial charge in [0.15, 0.2) is 0 Å². The van der Waals surface area contributed by atoms with Crippen molar-refractivity contribution in [1.82, 2.24) is 0 Å². The molecule has 0 radical (unpaired) electrons. The standard InChI is InChI=1S/C15H21NO2/c1-12-4-7-14(8-5-12)16-10-2-3-13(11-16)6-9-15(17)18/h4-5,7-8,13H,2-3,6,9-11H2,1H3,(H,17,18). The number of carboxylic acids is 1. The SMILES string of the molecule is Cc1ccc(N2CCCC(CCC(=O)O)C2)cc1. The molecule has 1 saturated heterocycles. The minimum atomic E-state index is -0.678. The molecule has 0 aliphatic carbocycles. The highest BCUT2D eigenvalue weighted by molar-refractivity contribution is 5.66. The Kier molecular flexibility index (Phi) is 4.24. The van der Waals surface area contributed by atoms with E-state index in [-0.39, 0.29) is 0 Å². The normalized spacial score (nSPS) is 19.8. The largest absolute Gasteiger partial charge is 0.481 e. The summed E-state index contributed by atoms with van der Waals surface area (Å²) in [6.45, 7) is 4.18. The van der Waals surface area contributed by atoms with Gasteiger partial charge in [-0.05, 0) is 44.2 Å². The highest BCUT2D eigenvalue weighted by atomic mass is 16.4. The fourth-order valence-corrected chi connectivity index (χ4v) is 2.62. The third-order valence-electron chi connectivity index (χ3n) is 3.68. The first kappa shape index (κ1) is 12.9. The van der Waals surface area contributed by atoms with Gasteiger partial charge >= 0.3 is 5.97 Å². The number of rotatable bonds is 4. The number of piperidine rings is 1. The molecule has 1 aliphatic heterocycles. The Hall–Kier alpha value is -1.51. The van der Waals surface area contributed by atoms with E-state index in [0.29, 0.717) is 12.3 Å². The van der Waals surface area contributed by atoms with Crippen molar-refractivity contribution >= 4 is 11.7 Å². The van der Waals surface area contributed by atoms with E-state index in [1.165, 1.54) is 11.3 Å². The van der Waals surface area contributed by atoms with Crippen LogP contribution in [-0.4, -0.2) is 24.2 Å². The lowest BCUT2D eigenvalue weighted by atomic mass is 9.93. The fourth-order valence-electron chi connectivity index (χ4n) is 2.62. The third kappa shape index (κ3) is 3.49. The number of nitrogens with zero attached hydrogens (tertiary/aromatic N) is 1. The first-order valence-corrected chi connectivity index (χ1v) is 6.68. The molecule has 3 nitrogen and oxygen atoms in total. The third-order valence-corrected chi connectivity index (χ3v) is 3.68.